The van der Waals surface area contributed by atoms with Gasteiger partial charge in [-0.15, -0.1) is 10.2 Å². The van der Waals surface area contributed by atoms with Crippen LogP contribution in [0.3, 0.4) is 0 Å². The van der Waals surface area contributed by atoms with E-state index >= 15 is 0 Å². The Morgan fingerprint density at radius 1 is 1.29 bits per heavy atom. The third-order valence-electron chi connectivity index (χ3n) is 3.08. The van der Waals surface area contributed by atoms with Crippen LogP contribution in [0.2, 0.25) is 0 Å². The molecule has 2 heterocycles. The first-order valence-corrected chi connectivity index (χ1v) is 9.12. The van der Waals surface area contributed by atoms with Gasteiger partial charge in [-0.05, 0) is 65.4 Å². The Morgan fingerprint density at radius 2 is 2.17 bits per heavy atom. The van der Waals surface area contributed by atoms with Gasteiger partial charge < -0.3 is 9.73 Å². The molecule has 1 amide bonds. The number of hydrogen-bond acceptors (Lipinski definition) is 6. The molecule has 0 spiro atoms. The van der Waals surface area contributed by atoms with Crippen LogP contribution in [0.25, 0.3) is 11.6 Å². The second kappa shape index (κ2) is 7.75. The molecule has 122 valence electrons. The maximum Gasteiger partial charge on any atom is 0.277 e. The second-order valence-corrected chi connectivity index (χ2v) is 7.06. The molecular formula is C16H13IN4O2S. The van der Waals surface area contributed by atoms with Crippen LogP contribution in [0.15, 0.2) is 52.2 Å². The summed E-state index contributed by atoms with van der Waals surface area (Å²) in [5, 5.41) is 11.1. The van der Waals surface area contributed by atoms with Gasteiger partial charge in [-0.3, -0.25) is 9.78 Å². The molecular weight excluding hydrogens is 439 g/mol. The number of anilines is 1. The number of benzene rings is 1. The lowest BCUT2D eigenvalue weighted by Gasteiger charge is -2.07. The molecule has 3 aromatic rings. The van der Waals surface area contributed by atoms with Gasteiger partial charge in [0.2, 0.25) is 5.91 Å². The summed E-state index contributed by atoms with van der Waals surface area (Å²) in [5.41, 5.74) is 2.44. The quantitative estimate of drug-likeness (QED) is 0.469. The highest BCUT2D eigenvalue weighted by atomic mass is 127. The van der Waals surface area contributed by atoms with E-state index < -0.39 is 0 Å². The molecule has 0 saturated carbocycles. The first kappa shape index (κ1) is 16.9. The van der Waals surface area contributed by atoms with Gasteiger partial charge in [0.25, 0.3) is 11.1 Å². The van der Waals surface area contributed by atoms with E-state index in [1.54, 1.807) is 12.3 Å². The fourth-order valence-corrected chi connectivity index (χ4v) is 3.15. The Hall–Kier alpha value is -1.94. The predicted octanol–water partition coefficient (Wildman–Crippen LogP) is 3.78. The lowest BCUT2D eigenvalue weighted by Crippen LogP contribution is -2.14. The van der Waals surface area contributed by atoms with Crippen LogP contribution in [0.1, 0.15) is 5.56 Å². The number of carbonyl (C=O) groups excluding carboxylic acids is 1. The molecule has 0 radical (unpaired) electrons. The number of halogens is 1. The number of thioether (sulfide) groups is 1. The summed E-state index contributed by atoms with van der Waals surface area (Å²) in [6, 6.07) is 11.3. The van der Waals surface area contributed by atoms with Crippen LogP contribution < -0.4 is 5.32 Å². The van der Waals surface area contributed by atoms with E-state index in [4.69, 9.17) is 4.42 Å². The normalized spacial score (nSPS) is 10.6. The number of nitrogens with one attached hydrogen (secondary N) is 1. The zero-order chi connectivity index (χ0) is 16.9. The summed E-state index contributed by atoms with van der Waals surface area (Å²) < 4.78 is 6.64. The molecule has 3 rings (SSSR count). The predicted molar refractivity (Wildman–Crippen MR) is 101 cm³/mol. The van der Waals surface area contributed by atoms with E-state index in [1.165, 1.54) is 11.8 Å². The Morgan fingerprint density at radius 3 is 2.92 bits per heavy atom. The molecule has 6 nitrogen and oxygen atoms in total. The van der Waals surface area contributed by atoms with Gasteiger partial charge in [0, 0.05) is 15.5 Å². The van der Waals surface area contributed by atoms with Crippen molar-refractivity contribution in [1.29, 1.82) is 0 Å². The minimum absolute atomic E-state index is 0.123. The first-order chi connectivity index (χ1) is 11.6. The summed E-state index contributed by atoms with van der Waals surface area (Å²) in [7, 11) is 0. The van der Waals surface area contributed by atoms with E-state index in [9.17, 15) is 4.79 Å². The third-order valence-corrected chi connectivity index (χ3v) is 4.57. The molecule has 0 saturated heterocycles. The van der Waals surface area contributed by atoms with Crippen LogP contribution in [-0.4, -0.2) is 26.8 Å². The molecule has 0 bridgehead atoms. The van der Waals surface area contributed by atoms with Gasteiger partial charge in [-0.25, -0.2) is 0 Å². The minimum atomic E-state index is -0.123. The van der Waals surface area contributed by atoms with Crippen molar-refractivity contribution in [2.45, 2.75) is 12.1 Å². The molecule has 0 fully saturated rings. The molecule has 8 heteroatoms. The smallest absolute Gasteiger partial charge is 0.277 e. The molecule has 24 heavy (non-hydrogen) atoms. The van der Waals surface area contributed by atoms with Gasteiger partial charge in [0.1, 0.15) is 5.69 Å². The van der Waals surface area contributed by atoms with Crippen molar-refractivity contribution < 1.29 is 9.21 Å². The van der Waals surface area contributed by atoms with Crippen molar-refractivity contribution in [2.24, 2.45) is 0 Å². The molecule has 0 atom stereocenters. The topological polar surface area (TPSA) is 80.9 Å². The standard InChI is InChI=1S/C16H13IN4O2S/c1-10-8-11(17)5-6-12(10)19-14(22)9-24-16-21-20-15(23-16)13-4-2-3-7-18-13/h2-8H,9H2,1H3,(H,19,22). The largest absolute Gasteiger partial charge is 0.410 e. The number of aromatic nitrogens is 3. The SMILES string of the molecule is Cc1cc(I)ccc1NC(=O)CSc1nnc(-c2ccccn2)o1. The Bertz CT molecular complexity index is 854. The monoisotopic (exact) mass is 452 g/mol. The van der Waals surface area contributed by atoms with E-state index in [0.29, 0.717) is 16.8 Å². The fourth-order valence-electron chi connectivity index (χ4n) is 1.94. The molecule has 1 N–H and O–H groups in total. The Labute approximate surface area is 156 Å². The second-order valence-electron chi connectivity index (χ2n) is 4.88. The summed E-state index contributed by atoms with van der Waals surface area (Å²) in [5.74, 6) is 0.406. The van der Waals surface area contributed by atoms with Crippen molar-refractivity contribution in [3.05, 3.63) is 51.7 Å². The summed E-state index contributed by atoms with van der Waals surface area (Å²) in [6.45, 7) is 1.96. The van der Waals surface area contributed by atoms with Crippen molar-refractivity contribution in [1.82, 2.24) is 15.2 Å². The number of pyridine rings is 1. The van der Waals surface area contributed by atoms with Crippen molar-refractivity contribution in [3.8, 4) is 11.6 Å². The van der Waals surface area contributed by atoms with Crippen molar-refractivity contribution in [2.75, 3.05) is 11.1 Å². The maximum absolute atomic E-state index is 12.1. The molecule has 2 aromatic heterocycles. The maximum atomic E-state index is 12.1. The zero-order valence-corrected chi connectivity index (χ0v) is 15.7. The van der Waals surface area contributed by atoms with E-state index in [1.807, 2.05) is 37.3 Å². The average molecular weight is 452 g/mol. The number of hydrogen-bond donors (Lipinski definition) is 1. The van der Waals surface area contributed by atoms with Crippen LogP contribution >= 0.6 is 34.4 Å². The number of amides is 1. The van der Waals surface area contributed by atoms with Crippen LogP contribution in [0, 0.1) is 10.5 Å². The van der Waals surface area contributed by atoms with Gasteiger partial charge in [0.05, 0.1) is 5.75 Å². The van der Waals surface area contributed by atoms with Gasteiger partial charge in [0.15, 0.2) is 0 Å². The van der Waals surface area contributed by atoms with Crippen LogP contribution in [0.4, 0.5) is 5.69 Å². The lowest BCUT2D eigenvalue weighted by atomic mass is 10.2. The van der Waals surface area contributed by atoms with Gasteiger partial charge in [-0.1, -0.05) is 17.8 Å². The zero-order valence-electron chi connectivity index (χ0n) is 12.7. The summed E-state index contributed by atoms with van der Waals surface area (Å²) in [4.78, 5) is 16.2. The number of rotatable bonds is 5. The summed E-state index contributed by atoms with van der Waals surface area (Å²) >= 11 is 3.43. The minimum Gasteiger partial charge on any atom is -0.410 e. The van der Waals surface area contributed by atoms with Crippen LogP contribution in [0.5, 0.6) is 0 Å². The molecule has 0 unspecified atom stereocenters. The molecule has 0 aliphatic heterocycles. The molecule has 0 aliphatic rings. The average Bonchev–Trinajstić information content (AvgIpc) is 3.05. The van der Waals surface area contributed by atoms with E-state index in [2.05, 4.69) is 43.1 Å². The Balaban J connectivity index is 1.58. The summed E-state index contributed by atoms with van der Waals surface area (Å²) in [6.07, 6.45) is 1.66. The number of carbonyl (C=O) groups is 1. The molecule has 0 aliphatic carbocycles. The fraction of sp³-hybridized carbons (Fsp3) is 0.125. The lowest BCUT2D eigenvalue weighted by molar-refractivity contribution is -0.113. The highest BCUT2D eigenvalue weighted by Gasteiger charge is 2.12. The number of nitrogens with zero attached hydrogens (tertiary/aromatic N) is 3. The highest BCUT2D eigenvalue weighted by molar-refractivity contribution is 14.1. The van der Waals surface area contributed by atoms with E-state index in [-0.39, 0.29) is 11.7 Å². The van der Waals surface area contributed by atoms with E-state index in [0.717, 1.165) is 14.8 Å². The number of aryl methyl sites for hydroxylation is 1. The van der Waals surface area contributed by atoms with Crippen LogP contribution in [-0.2, 0) is 4.79 Å². The third kappa shape index (κ3) is 4.32. The van der Waals surface area contributed by atoms with Gasteiger partial charge >= 0.3 is 0 Å². The highest BCUT2D eigenvalue weighted by Crippen LogP contribution is 2.22. The van der Waals surface area contributed by atoms with Gasteiger partial charge in [-0.2, -0.15) is 0 Å². The van der Waals surface area contributed by atoms with Crippen molar-refractivity contribution in [3.63, 3.8) is 0 Å². The molecule has 1 aromatic carbocycles. The Kier molecular flexibility index (Phi) is 5.46. The first-order valence-electron chi connectivity index (χ1n) is 7.05. The van der Waals surface area contributed by atoms with Crippen molar-refractivity contribution >= 4 is 45.9 Å².